The van der Waals surface area contributed by atoms with E-state index in [-0.39, 0.29) is 30.3 Å². The second kappa shape index (κ2) is 8.57. The summed E-state index contributed by atoms with van der Waals surface area (Å²) in [5.74, 6) is -0.184. The summed E-state index contributed by atoms with van der Waals surface area (Å²) in [6, 6.07) is 19.5. The van der Waals surface area contributed by atoms with Gasteiger partial charge in [0, 0.05) is 19.6 Å². The first-order valence-electron chi connectivity index (χ1n) is 7.19. The Balaban J connectivity index is 0.00000242. The molecule has 2 aromatic carbocycles. The van der Waals surface area contributed by atoms with Crippen molar-refractivity contribution in [3.05, 3.63) is 71.8 Å². The van der Waals surface area contributed by atoms with Crippen LogP contribution < -0.4 is 5.73 Å². The van der Waals surface area contributed by atoms with Crippen molar-refractivity contribution < 1.29 is 4.79 Å². The van der Waals surface area contributed by atoms with Crippen LogP contribution in [0.3, 0.4) is 0 Å². The molecule has 3 nitrogen and oxygen atoms in total. The van der Waals surface area contributed by atoms with Crippen molar-refractivity contribution in [3.63, 3.8) is 0 Å². The third-order valence-corrected chi connectivity index (χ3v) is 3.75. The van der Waals surface area contributed by atoms with Gasteiger partial charge in [-0.15, -0.1) is 12.4 Å². The molecule has 2 N–H and O–H groups in total. The molecule has 1 amide bonds. The molecule has 0 aliphatic carbocycles. The van der Waals surface area contributed by atoms with Crippen molar-refractivity contribution in [3.8, 4) is 0 Å². The fraction of sp³-hybridized carbons (Fsp3) is 0.278. The molecule has 4 heteroatoms. The summed E-state index contributed by atoms with van der Waals surface area (Å²) in [5, 5.41) is 0. The van der Waals surface area contributed by atoms with Crippen molar-refractivity contribution in [1.29, 1.82) is 0 Å². The first kappa shape index (κ1) is 18.2. The Kier molecular flexibility index (Phi) is 7.09. The Morgan fingerprint density at radius 1 is 1.05 bits per heavy atom. The van der Waals surface area contributed by atoms with Gasteiger partial charge in [-0.2, -0.15) is 0 Å². The van der Waals surface area contributed by atoms with Gasteiger partial charge in [-0.3, -0.25) is 4.79 Å². The lowest BCUT2D eigenvalue weighted by Crippen LogP contribution is -2.36. The fourth-order valence-corrected chi connectivity index (χ4v) is 2.40. The Morgan fingerprint density at radius 3 is 2.09 bits per heavy atom. The monoisotopic (exact) mass is 318 g/mol. The summed E-state index contributed by atoms with van der Waals surface area (Å²) >= 11 is 0. The molecule has 2 aromatic rings. The molecular formula is C18H23ClN2O. The molecule has 0 aromatic heterocycles. The largest absolute Gasteiger partial charge is 0.341 e. The molecule has 118 valence electrons. The van der Waals surface area contributed by atoms with E-state index < -0.39 is 0 Å². The van der Waals surface area contributed by atoms with Gasteiger partial charge in [0.25, 0.3) is 0 Å². The topological polar surface area (TPSA) is 46.3 Å². The van der Waals surface area contributed by atoms with Gasteiger partial charge in [-0.1, -0.05) is 67.6 Å². The molecule has 2 atom stereocenters. The number of carbonyl (C=O) groups excluding carboxylic acids is 1. The lowest BCUT2D eigenvalue weighted by Gasteiger charge is -2.25. The Morgan fingerprint density at radius 2 is 1.55 bits per heavy atom. The third-order valence-electron chi connectivity index (χ3n) is 3.75. The zero-order chi connectivity index (χ0) is 15.2. The molecular weight excluding hydrogens is 296 g/mol. The first-order valence-corrected chi connectivity index (χ1v) is 7.19. The summed E-state index contributed by atoms with van der Waals surface area (Å²) in [5.41, 5.74) is 8.33. The first-order chi connectivity index (χ1) is 10.1. The minimum atomic E-state index is -0.281. The van der Waals surface area contributed by atoms with Gasteiger partial charge in [0.15, 0.2) is 0 Å². The molecule has 2 rings (SSSR count). The highest BCUT2D eigenvalue weighted by Gasteiger charge is 2.24. The van der Waals surface area contributed by atoms with E-state index in [4.69, 9.17) is 5.73 Å². The zero-order valence-electron chi connectivity index (χ0n) is 13.0. The number of nitrogens with two attached hydrogens (primary N) is 1. The highest BCUT2D eigenvalue weighted by Crippen LogP contribution is 2.21. The molecule has 0 saturated heterocycles. The van der Waals surface area contributed by atoms with E-state index in [0.717, 1.165) is 11.1 Å². The van der Waals surface area contributed by atoms with Gasteiger partial charge in [0.1, 0.15) is 0 Å². The summed E-state index contributed by atoms with van der Waals surface area (Å²) in [6.45, 7) is 2.49. The highest BCUT2D eigenvalue weighted by atomic mass is 35.5. The Labute approximate surface area is 138 Å². The Hall–Kier alpha value is -1.84. The van der Waals surface area contributed by atoms with E-state index in [2.05, 4.69) is 0 Å². The standard InChI is InChI=1S/C18H22N2O.ClH/c1-14(17(19)16-11-7-4-8-12-16)18(21)20(2)13-15-9-5-3-6-10-15;/h3-12,14,17H,13,19H2,1-2H3;1H. The van der Waals surface area contributed by atoms with Crippen LogP contribution in [-0.4, -0.2) is 17.9 Å². The Bertz CT molecular complexity index is 574. The average molecular weight is 319 g/mol. The molecule has 0 aliphatic heterocycles. The van der Waals surface area contributed by atoms with E-state index in [1.807, 2.05) is 74.6 Å². The van der Waals surface area contributed by atoms with Gasteiger partial charge < -0.3 is 10.6 Å². The molecule has 0 spiro atoms. The van der Waals surface area contributed by atoms with Gasteiger partial charge in [-0.05, 0) is 11.1 Å². The van der Waals surface area contributed by atoms with Gasteiger partial charge in [0.05, 0.1) is 5.92 Å². The second-order valence-corrected chi connectivity index (χ2v) is 5.41. The van der Waals surface area contributed by atoms with Gasteiger partial charge in [0.2, 0.25) is 5.91 Å². The number of benzene rings is 2. The third kappa shape index (κ3) is 4.58. The van der Waals surface area contributed by atoms with Crippen molar-refractivity contribution in [2.75, 3.05) is 7.05 Å². The lowest BCUT2D eigenvalue weighted by molar-refractivity contribution is -0.134. The minimum Gasteiger partial charge on any atom is -0.341 e. The summed E-state index contributed by atoms with van der Waals surface area (Å²) in [7, 11) is 1.82. The molecule has 0 bridgehead atoms. The van der Waals surface area contributed by atoms with Crippen LogP contribution in [0.2, 0.25) is 0 Å². The molecule has 0 heterocycles. The molecule has 22 heavy (non-hydrogen) atoms. The number of hydrogen-bond donors (Lipinski definition) is 1. The molecule has 0 radical (unpaired) electrons. The van der Waals surface area contributed by atoms with Gasteiger partial charge >= 0.3 is 0 Å². The van der Waals surface area contributed by atoms with Gasteiger partial charge in [-0.25, -0.2) is 0 Å². The van der Waals surface area contributed by atoms with Crippen LogP contribution in [0.5, 0.6) is 0 Å². The number of carbonyl (C=O) groups is 1. The summed E-state index contributed by atoms with van der Waals surface area (Å²) in [6.07, 6.45) is 0. The van der Waals surface area contributed by atoms with Crippen LogP contribution in [0.4, 0.5) is 0 Å². The van der Waals surface area contributed by atoms with E-state index in [1.54, 1.807) is 4.90 Å². The maximum Gasteiger partial charge on any atom is 0.227 e. The SMILES string of the molecule is CC(C(=O)N(C)Cc1ccccc1)C(N)c1ccccc1.Cl. The second-order valence-electron chi connectivity index (χ2n) is 5.41. The van der Waals surface area contributed by atoms with Crippen LogP contribution in [0, 0.1) is 5.92 Å². The maximum absolute atomic E-state index is 12.5. The smallest absolute Gasteiger partial charge is 0.227 e. The van der Waals surface area contributed by atoms with E-state index in [9.17, 15) is 4.79 Å². The molecule has 2 unspecified atom stereocenters. The lowest BCUT2D eigenvalue weighted by atomic mass is 9.94. The molecule has 0 saturated carbocycles. The minimum absolute atomic E-state index is 0. The normalized spacial score (nSPS) is 12.9. The van der Waals surface area contributed by atoms with Crippen LogP contribution in [0.1, 0.15) is 24.1 Å². The molecule has 0 aliphatic rings. The van der Waals surface area contributed by atoms with Crippen LogP contribution in [-0.2, 0) is 11.3 Å². The number of nitrogens with zero attached hydrogens (tertiary/aromatic N) is 1. The van der Waals surface area contributed by atoms with Crippen molar-refractivity contribution in [2.24, 2.45) is 11.7 Å². The predicted molar refractivity (Wildman–Crippen MR) is 92.7 cm³/mol. The zero-order valence-corrected chi connectivity index (χ0v) is 13.8. The fourth-order valence-electron chi connectivity index (χ4n) is 2.40. The van der Waals surface area contributed by atoms with Crippen LogP contribution in [0.15, 0.2) is 60.7 Å². The predicted octanol–water partition coefficient (Wildman–Crippen LogP) is 3.40. The number of rotatable bonds is 5. The summed E-state index contributed by atoms with van der Waals surface area (Å²) in [4.78, 5) is 14.2. The average Bonchev–Trinajstić information content (AvgIpc) is 2.54. The van der Waals surface area contributed by atoms with Crippen molar-refractivity contribution in [2.45, 2.75) is 19.5 Å². The van der Waals surface area contributed by atoms with E-state index >= 15 is 0 Å². The quantitative estimate of drug-likeness (QED) is 0.918. The van der Waals surface area contributed by atoms with E-state index in [0.29, 0.717) is 6.54 Å². The maximum atomic E-state index is 12.5. The number of amides is 1. The number of halogens is 1. The summed E-state index contributed by atoms with van der Waals surface area (Å²) < 4.78 is 0. The van der Waals surface area contributed by atoms with Crippen LogP contribution >= 0.6 is 12.4 Å². The van der Waals surface area contributed by atoms with Crippen molar-refractivity contribution in [1.82, 2.24) is 4.90 Å². The highest BCUT2D eigenvalue weighted by molar-refractivity contribution is 5.85. The van der Waals surface area contributed by atoms with Crippen molar-refractivity contribution >= 4 is 18.3 Å². The number of hydrogen-bond acceptors (Lipinski definition) is 2. The van der Waals surface area contributed by atoms with E-state index in [1.165, 1.54) is 0 Å². The van der Waals surface area contributed by atoms with Crippen LogP contribution in [0.25, 0.3) is 0 Å². The molecule has 0 fully saturated rings.